The molecule has 1 fully saturated rings. The smallest absolute Gasteiger partial charge is 0.259 e. The molecular weight excluding hydrogens is 320 g/mol. The lowest BCUT2D eigenvalue weighted by atomic mass is 9.96. The fourth-order valence-corrected chi connectivity index (χ4v) is 3.35. The molecule has 25 heavy (non-hydrogen) atoms. The quantitative estimate of drug-likeness (QED) is 0.804. The molecule has 7 nitrogen and oxygen atoms in total. The highest BCUT2D eigenvalue weighted by Gasteiger charge is 2.33. The number of nitrogens with zero attached hydrogens (tertiary/aromatic N) is 4. The maximum atomic E-state index is 12.9. The van der Waals surface area contributed by atoms with E-state index in [-0.39, 0.29) is 11.8 Å². The van der Waals surface area contributed by atoms with Crippen LogP contribution in [0, 0.1) is 12.8 Å². The monoisotopic (exact) mass is 344 g/mol. The van der Waals surface area contributed by atoms with Gasteiger partial charge in [0, 0.05) is 43.9 Å². The normalized spacial score (nSPS) is 19.9. The average Bonchev–Trinajstić information content (AvgIpc) is 3.17. The van der Waals surface area contributed by atoms with Crippen LogP contribution in [0.25, 0.3) is 0 Å². The van der Waals surface area contributed by atoms with Gasteiger partial charge in [0.2, 0.25) is 0 Å². The highest BCUT2D eigenvalue weighted by atomic mass is 16.5. The summed E-state index contributed by atoms with van der Waals surface area (Å²) in [5.74, 6) is 1.36. The van der Waals surface area contributed by atoms with Gasteiger partial charge in [-0.05, 0) is 32.6 Å². The van der Waals surface area contributed by atoms with Gasteiger partial charge in [0.1, 0.15) is 11.3 Å². The van der Waals surface area contributed by atoms with Gasteiger partial charge in [-0.1, -0.05) is 5.16 Å². The lowest BCUT2D eigenvalue weighted by Gasteiger charge is -2.31. The zero-order valence-corrected chi connectivity index (χ0v) is 14.8. The molecule has 1 atom stereocenters. The van der Waals surface area contributed by atoms with Crippen molar-refractivity contribution < 1.29 is 14.1 Å². The van der Waals surface area contributed by atoms with E-state index in [0.717, 1.165) is 30.3 Å². The van der Waals surface area contributed by atoms with E-state index in [0.29, 0.717) is 31.0 Å². The van der Waals surface area contributed by atoms with Crippen LogP contribution in [-0.4, -0.2) is 45.5 Å². The predicted octanol–water partition coefficient (Wildman–Crippen LogP) is 2.37. The van der Waals surface area contributed by atoms with Gasteiger partial charge in [0.15, 0.2) is 0 Å². The van der Waals surface area contributed by atoms with Gasteiger partial charge in [0.05, 0.1) is 18.5 Å². The van der Waals surface area contributed by atoms with Crippen LogP contribution >= 0.6 is 0 Å². The molecule has 2 aromatic heterocycles. The number of aryl methyl sites for hydroxylation is 2. The molecule has 1 aliphatic heterocycles. The predicted molar refractivity (Wildman–Crippen MR) is 90.2 cm³/mol. The van der Waals surface area contributed by atoms with Crippen molar-refractivity contribution in [1.29, 1.82) is 0 Å². The summed E-state index contributed by atoms with van der Waals surface area (Å²) in [6, 6.07) is 0. The van der Waals surface area contributed by atoms with Gasteiger partial charge in [-0.15, -0.1) is 0 Å². The summed E-state index contributed by atoms with van der Waals surface area (Å²) < 4.78 is 12.9. The Morgan fingerprint density at radius 2 is 2.24 bits per heavy atom. The molecule has 0 saturated heterocycles. The molecule has 2 aliphatic rings. The number of ether oxygens (including phenoxy) is 1. The highest BCUT2D eigenvalue weighted by Crippen LogP contribution is 2.31. The Bertz CT molecular complexity index is 762. The Morgan fingerprint density at radius 3 is 2.92 bits per heavy atom. The number of carbonyl (C=O) groups excluding carboxylic acids is 1. The Kier molecular flexibility index (Phi) is 4.33. The van der Waals surface area contributed by atoms with Crippen LogP contribution in [0.1, 0.15) is 53.1 Å². The summed E-state index contributed by atoms with van der Waals surface area (Å²) in [5, 5.41) is 8.44. The first-order valence-electron chi connectivity index (χ1n) is 9.00. The van der Waals surface area contributed by atoms with Crippen LogP contribution in [0.4, 0.5) is 0 Å². The van der Waals surface area contributed by atoms with Crippen molar-refractivity contribution in [2.75, 3.05) is 19.8 Å². The first-order chi connectivity index (χ1) is 12.2. The number of hydrogen-bond acceptors (Lipinski definition) is 5. The molecule has 2 aromatic rings. The number of amides is 1. The maximum absolute atomic E-state index is 12.9. The molecule has 0 spiro atoms. The van der Waals surface area contributed by atoms with Crippen LogP contribution in [0.15, 0.2) is 16.9 Å². The van der Waals surface area contributed by atoms with Crippen LogP contribution in [0.3, 0.4) is 0 Å². The Morgan fingerprint density at radius 1 is 1.40 bits per heavy atom. The lowest BCUT2D eigenvalue weighted by molar-refractivity contribution is 0.0624. The Labute approximate surface area is 146 Å². The highest BCUT2D eigenvalue weighted by molar-refractivity contribution is 5.94. The summed E-state index contributed by atoms with van der Waals surface area (Å²) in [7, 11) is 0. The van der Waals surface area contributed by atoms with Crippen LogP contribution < -0.4 is 0 Å². The third-order valence-corrected chi connectivity index (χ3v) is 5.02. The summed E-state index contributed by atoms with van der Waals surface area (Å²) in [6.45, 7) is 7.26. The van der Waals surface area contributed by atoms with Crippen LogP contribution in [0.2, 0.25) is 0 Å². The molecule has 4 rings (SSSR count). The van der Waals surface area contributed by atoms with Gasteiger partial charge in [-0.25, -0.2) is 0 Å². The second kappa shape index (κ2) is 6.63. The van der Waals surface area contributed by atoms with Gasteiger partial charge >= 0.3 is 0 Å². The van der Waals surface area contributed by atoms with Gasteiger partial charge < -0.3 is 14.2 Å². The largest absolute Gasteiger partial charge is 0.380 e. The van der Waals surface area contributed by atoms with E-state index in [2.05, 4.69) is 12.1 Å². The van der Waals surface area contributed by atoms with E-state index in [1.54, 1.807) is 6.92 Å². The minimum atomic E-state index is -0.0409. The molecule has 0 aromatic carbocycles. The fraction of sp³-hybridized carbons (Fsp3) is 0.611. The van der Waals surface area contributed by atoms with Crippen LogP contribution in [0.5, 0.6) is 0 Å². The second-order valence-electron chi connectivity index (χ2n) is 7.05. The fourth-order valence-electron chi connectivity index (χ4n) is 3.35. The van der Waals surface area contributed by atoms with E-state index >= 15 is 0 Å². The molecule has 7 heteroatoms. The number of hydrogen-bond donors (Lipinski definition) is 0. The number of fused-ring (bicyclic) bond motifs is 1. The summed E-state index contributed by atoms with van der Waals surface area (Å²) in [5.41, 5.74) is 2.71. The molecule has 1 amide bonds. The summed E-state index contributed by atoms with van der Waals surface area (Å²) in [6.07, 6.45) is 6.10. The Hall–Kier alpha value is -2.15. The van der Waals surface area contributed by atoms with Crippen molar-refractivity contribution >= 4 is 5.91 Å². The zero-order chi connectivity index (χ0) is 17.4. The average molecular weight is 344 g/mol. The van der Waals surface area contributed by atoms with Crippen LogP contribution in [-0.2, 0) is 17.8 Å². The molecule has 0 N–H and O–H groups in total. The third kappa shape index (κ3) is 3.33. The third-order valence-electron chi connectivity index (χ3n) is 5.02. The number of aromatic nitrogens is 3. The van der Waals surface area contributed by atoms with Gasteiger partial charge in [-0.2, -0.15) is 5.10 Å². The standard InChI is InChI=1S/C18H24N4O3/c1-3-22-9-14-7-21(18(23)16-6-19-25-12(16)2)8-15(17(14)20-22)11-24-10-13-4-5-13/h6,9,13,15H,3-5,7-8,10-11H2,1-2H3. The first-order valence-corrected chi connectivity index (χ1v) is 9.00. The van der Waals surface area contributed by atoms with Gasteiger partial charge in [0.25, 0.3) is 5.91 Å². The Balaban J connectivity index is 1.53. The summed E-state index contributed by atoms with van der Waals surface area (Å²) >= 11 is 0. The van der Waals surface area contributed by atoms with E-state index in [1.807, 2.05) is 15.8 Å². The number of rotatable bonds is 6. The van der Waals surface area contributed by atoms with Crippen molar-refractivity contribution in [2.45, 2.75) is 45.7 Å². The summed E-state index contributed by atoms with van der Waals surface area (Å²) in [4.78, 5) is 14.7. The van der Waals surface area contributed by atoms with Crippen molar-refractivity contribution in [3.05, 3.63) is 35.0 Å². The van der Waals surface area contributed by atoms with E-state index in [1.165, 1.54) is 19.0 Å². The minimum Gasteiger partial charge on any atom is -0.380 e. The van der Waals surface area contributed by atoms with Crippen molar-refractivity contribution in [2.24, 2.45) is 5.92 Å². The molecule has 0 bridgehead atoms. The van der Waals surface area contributed by atoms with Crippen molar-refractivity contribution in [3.63, 3.8) is 0 Å². The molecular formula is C18H24N4O3. The molecule has 1 saturated carbocycles. The molecule has 134 valence electrons. The van der Waals surface area contributed by atoms with E-state index in [9.17, 15) is 4.79 Å². The van der Waals surface area contributed by atoms with Crippen molar-refractivity contribution in [1.82, 2.24) is 19.8 Å². The zero-order valence-electron chi connectivity index (χ0n) is 14.8. The van der Waals surface area contributed by atoms with Gasteiger partial charge in [-0.3, -0.25) is 9.48 Å². The number of carbonyl (C=O) groups is 1. The molecule has 0 radical (unpaired) electrons. The van der Waals surface area contributed by atoms with E-state index < -0.39 is 0 Å². The molecule has 1 aliphatic carbocycles. The first kappa shape index (κ1) is 16.3. The van der Waals surface area contributed by atoms with E-state index in [4.69, 9.17) is 14.4 Å². The lowest BCUT2D eigenvalue weighted by Crippen LogP contribution is -2.39. The molecule has 3 heterocycles. The minimum absolute atomic E-state index is 0.0409. The SMILES string of the molecule is CCn1cc2c(n1)C(COCC1CC1)CN(C(=O)c1cnoc1C)C2. The van der Waals surface area contributed by atoms with Crippen molar-refractivity contribution in [3.8, 4) is 0 Å². The maximum Gasteiger partial charge on any atom is 0.259 e. The topological polar surface area (TPSA) is 73.4 Å². The molecule has 1 unspecified atom stereocenters. The second-order valence-corrected chi connectivity index (χ2v) is 7.05.